The molecule has 1 saturated carbocycles. The molecule has 1 aliphatic carbocycles. The Kier molecular flexibility index (Phi) is 6.55. The lowest BCUT2D eigenvalue weighted by Crippen LogP contribution is -2.43. The normalized spacial score (nSPS) is 13.6. The van der Waals surface area contributed by atoms with Crippen LogP contribution in [0.25, 0.3) is 0 Å². The summed E-state index contributed by atoms with van der Waals surface area (Å²) < 4.78 is 5.69. The third kappa shape index (κ3) is 5.72. The molecule has 1 fully saturated rings. The number of hydrogen-bond donors (Lipinski definition) is 0. The Bertz CT molecular complexity index is 793. The van der Waals surface area contributed by atoms with Crippen molar-refractivity contribution >= 4 is 11.8 Å². The lowest BCUT2D eigenvalue weighted by atomic mass is 10.1. The van der Waals surface area contributed by atoms with Gasteiger partial charge in [0.25, 0.3) is 0 Å². The number of benzene rings is 1. The van der Waals surface area contributed by atoms with Gasteiger partial charge in [-0.1, -0.05) is 44.2 Å². The second-order valence-electron chi connectivity index (χ2n) is 8.10. The maximum atomic E-state index is 13.2. The second-order valence-corrected chi connectivity index (χ2v) is 8.10. The number of amides is 2. The number of aryl methyl sites for hydroxylation is 1. The number of carbonyl (C=O) groups is 2. The first kappa shape index (κ1) is 20.2. The number of hydrogen-bond acceptors (Lipinski definition) is 3. The van der Waals surface area contributed by atoms with Crippen LogP contribution in [0, 0.1) is 12.8 Å². The van der Waals surface area contributed by atoms with Crippen LogP contribution in [0.2, 0.25) is 0 Å². The molecule has 1 aromatic carbocycles. The molecule has 1 aliphatic rings. The van der Waals surface area contributed by atoms with E-state index in [4.69, 9.17) is 4.42 Å². The standard InChI is InChI=1S/C23H30N2O3/c1-17(2)13-22(26)25(20-10-11-20)16-23(27)24(14-19-7-5-4-6-8-19)15-21-12-9-18(3)28-21/h4-9,12,17,20H,10-11,13-16H2,1-3H3. The SMILES string of the molecule is Cc1ccc(CN(Cc2ccccc2)C(=O)CN(C(=O)CC(C)C)C2CC2)o1. The van der Waals surface area contributed by atoms with Gasteiger partial charge in [-0.3, -0.25) is 9.59 Å². The Morgan fingerprint density at radius 2 is 1.75 bits per heavy atom. The van der Waals surface area contributed by atoms with E-state index in [2.05, 4.69) is 0 Å². The zero-order chi connectivity index (χ0) is 20.1. The van der Waals surface area contributed by atoms with E-state index in [-0.39, 0.29) is 30.3 Å². The van der Waals surface area contributed by atoms with Crippen molar-refractivity contribution in [3.63, 3.8) is 0 Å². The van der Waals surface area contributed by atoms with Gasteiger partial charge in [0.2, 0.25) is 11.8 Å². The molecule has 1 aromatic heterocycles. The molecule has 0 atom stereocenters. The molecule has 0 aliphatic heterocycles. The maximum absolute atomic E-state index is 13.2. The second kappa shape index (κ2) is 9.09. The number of nitrogens with zero attached hydrogens (tertiary/aromatic N) is 2. The van der Waals surface area contributed by atoms with Crippen molar-refractivity contribution in [1.82, 2.24) is 9.80 Å². The summed E-state index contributed by atoms with van der Waals surface area (Å²) in [6.07, 6.45) is 2.47. The molecular weight excluding hydrogens is 352 g/mol. The van der Waals surface area contributed by atoms with Crippen LogP contribution in [0.4, 0.5) is 0 Å². The van der Waals surface area contributed by atoms with Gasteiger partial charge in [-0.25, -0.2) is 0 Å². The number of carbonyl (C=O) groups excluding carboxylic acids is 2. The summed E-state index contributed by atoms with van der Waals surface area (Å²) in [5.74, 6) is 1.92. The first-order valence-corrected chi connectivity index (χ1v) is 10.1. The van der Waals surface area contributed by atoms with E-state index in [0.717, 1.165) is 29.9 Å². The molecular formula is C23H30N2O3. The van der Waals surface area contributed by atoms with Crippen molar-refractivity contribution in [2.45, 2.75) is 59.2 Å². The van der Waals surface area contributed by atoms with Crippen LogP contribution >= 0.6 is 0 Å². The minimum Gasteiger partial charge on any atom is -0.464 e. The molecule has 5 heteroatoms. The average molecular weight is 383 g/mol. The van der Waals surface area contributed by atoms with E-state index in [1.54, 1.807) is 9.80 Å². The first-order chi connectivity index (χ1) is 13.4. The lowest BCUT2D eigenvalue weighted by Gasteiger charge is -2.28. The Hall–Kier alpha value is -2.56. The van der Waals surface area contributed by atoms with Crippen molar-refractivity contribution in [2.24, 2.45) is 5.92 Å². The molecule has 150 valence electrons. The van der Waals surface area contributed by atoms with Crippen LogP contribution in [0.1, 0.15) is 50.2 Å². The van der Waals surface area contributed by atoms with E-state index in [9.17, 15) is 9.59 Å². The van der Waals surface area contributed by atoms with Crippen molar-refractivity contribution in [1.29, 1.82) is 0 Å². The van der Waals surface area contributed by atoms with E-state index >= 15 is 0 Å². The third-order valence-corrected chi connectivity index (χ3v) is 4.91. The number of furan rings is 1. The van der Waals surface area contributed by atoms with Crippen LogP contribution in [0.15, 0.2) is 46.9 Å². The fraction of sp³-hybridized carbons (Fsp3) is 0.478. The predicted octanol–water partition coefficient (Wildman–Crippen LogP) is 4.15. The smallest absolute Gasteiger partial charge is 0.242 e. The van der Waals surface area contributed by atoms with Crippen LogP contribution in [0.3, 0.4) is 0 Å². The molecule has 0 saturated heterocycles. The fourth-order valence-corrected chi connectivity index (χ4v) is 3.31. The van der Waals surface area contributed by atoms with Gasteiger partial charge in [0.1, 0.15) is 18.1 Å². The molecule has 2 amide bonds. The monoisotopic (exact) mass is 382 g/mol. The summed E-state index contributed by atoms with van der Waals surface area (Å²) in [7, 11) is 0. The molecule has 0 spiro atoms. The fourth-order valence-electron chi connectivity index (χ4n) is 3.31. The number of rotatable bonds is 9. The maximum Gasteiger partial charge on any atom is 0.242 e. The van der Waals surface area contributed by atoms with Gasteiger partial charge >= 0.3 is 0 Å². The molecule has 0 unspecified atom stereocenters. The highest BCUT2D eigenvalue weighted by Crippen LogP contribution is 2.28. The summed E-state index contributed by atoms with van der Waals surface area (Å²) in [5.41, 5.74) is 1.06. The summed E-state index contributed by atoms with van der Waals surface area (Å²) in [6, 6.07) is 14.0. The average Bonchev–Trinajstić information content (AvgIpc) is 3.41. The zero-order valence-corrected chi connectivity index (χ0v) is 17.1. The lowest BCUT2D eigenvalue weighted by molar-refractivity contribution is -0.142. The predicted molar refractivity (Wildman–Crippen MR) is 108 cm³/mol. The summed E-state index contributed by atoms with van der Waals surface area (Å²) in [6.45, 7) is 7.00. The zero-order valence-electron chi connectivity index (χ0n) is 17.1. The summed E-state index contributed by atoms with van der Waals surface area (Å²) in [5, 5.41) is 0. The molecule has 5 nitrogen and oxygen atoms in total. The van der Waals surface area contributed by atoms with E-state index in [1.807, 2.05) is 63.2 Å². The van der Waals surface area contributed by atoms with Gasteiger partial charge in [-0.15, -0.1) is 0 Å². The van der Waals surface area contributed by atoms with Gasteiger partial charge in [0.15, 0.2) is 0 Å². The van der Waals surface area contributed by atoms with E-state index in [1.165, 1.54) is 0 Å². The highest BCUT2D eigenvalue weighted by Gasteiger charge is 2.34. The molecule has 0 N–H and O–H groups in total. The Labute approximate surface area is 167 Å². The van der Waals surface area contributed by atoms with E-state index in [0.29, 0.717) is 19.5 Å². The van der Waals surface area contributed by atoms with Crippen molar-refractivity contribution in [3.05, 3.63) is 59.5 Å². The van der Waals surface area contributed by atoms with Crippen molar-refractivity contribution in [2.75, 3.05) is 6.54 Å². The van der Waals surface area contributed by atoms with Crippen LogP contribution in [-0.2, 0) is 22.7 Å². The van der Waals surface area contributed by atoms with E-state index < -0.39 is 0 Å². The minimum atomic E-state index is -0.0399. The van der Waals surface area contributed by atoms with Crippen LogP contribution in [0.5, 0.6) is 0 Å². The topological polar surface area (TPSA) is 53.8 Å². The van der Waals surface area contributed by atoms with Crippen molar-refractivity contribution in [3.8, 4) is 0 Å². The highest BCUT2D eigenvalue weighted by atomic mass is 16.3. The minimum absolute atomic E-state index is 0.0399. The molecule has 3 rings (SSSR count). The van der Waals surface area contributed by atoms with Gasteiger partial charge in [-0.05, 0) is 43.4 Å². The largest absolute Gasteiger partial charge is 0.464 e. The quantitative estimate of drug-likeness (QED) is 0.654. The van der Waals surface area contributed by atoms with Gasteiger partial charge in [-0.2, -0.15) is 0 Å². The van der Waals surface area contributed by atoms with Crippen molar-refractivity contribution < 1.29 is 14.0 Å². The molecule has 1 heterocycles. The highest BCUT2D eigenvalue weighted by molar-refractivity contribution is 5.85. The molecule has 28 heavy (non-hydrogen) atoms. The molecule has 2 aromatic rings. The van der Waals surface area contributed by atoms with Gasteiger partial charge in [0.05, 0.1) is 6.54 Å². The third-order valence-electron chi connectivity index (χ3n) is 4.91. The Morgan fingerprint density at radius 3 is 2.32 bits per heavy atom. The molecule has 0 radical (unpaired) electrons. The molecule has 0 bridgehead atoms. The Balaban J connectivity index is 1.73. The van der Waals surface area contributed by atoms with Gasteiger partial charge in [0, 0.05) is 19.0 Å². The summed E-state index contributed by atoms with van der Waals surface area (Å²) >= 11 is 0. The summed E-state index contributed by atoms with van der Waals surface area (Å²) in [4.78, 5) is 29.4. The Morgan fingerprint density at radius 1 is 1.04 bits per heavy atom. The first-order valence-electron chi connectivity index (χ1n) is 10.1. The van der Waals surface area contributed by atoms with Gasteiger partial charge < -0.3 is 14.2 Å². The van der Waals surface area contributed by atoms with Crippen LogP contribution in [-0.4, -0.2) is 34.2 Å². The van der Waals surface area contributed by atoms with Crippen LogP contribution < -0.4 is 0 Å².